The van der Waals surface area contributed by atoms with Crippen molar-refractivity contribution in [2.45, 2.75) is 33.6 Å². The molecule has 0 spiro atoms. The Labute approximate surface area is 138 Å². The van der Waals surface area contributed by atoms with Gasteiger partial charge >= 0.3 is 0 Å². The summed E-state index contributed by atoms with van der Waals surface area (Å²) >= 11 is 0. The summed E-state index contributed by atoms with van der Waals surface area (Å²) in [5, 5.41) is 0. The van der Waals surface area contributed by atoms with Crippen LogP contribution < -0.4 is 0 Å². The molecule has 1 aliphatic heterocycles. The van der Waals surface area contributed by atoms with Gasteiger partial charge < -0.3 is 4.57 Å². The highest BCUT2D eigenvalue weighted by Gasteiger charge is 2.21. The summed E-state index contributed by atoms with van der Waals surface area (Å²) in [6, 6.07) is 12.3. The summed E-state index contributed by atoms with van der Waals surface area (Å²) in [6.45, 7) is 9.05. The van der Waals surface area contributed by atoms with Crippen LogP contribution in [0.15, 0.2) is 36.4 Å². The van der Waals surface area contributed by atoms with E-state index in [1.165, 1.54) is 12.8 Å². The number of hydrogen-bond donors (Lipinski definition) is 0. The topological polar surface area (TPSA) is 25.2 Å². The molecule has 1 saturated heterocycles. The minimum absolute atomic E-state index is 0.245. The molecule has 3 rings (SSSR count). The van der Waals surface area contributed by atoms with Gasteiger partial charge in [0.15, 0.2) is 5.78 Å². The third kappa shape index (κ3) is 3.40. The molecule has 0 radical (unpaired) electrons. The largest absolute Gasteiger partial charge is 0.318 e. The van der Waals surface area contributed by atoms with E-state index in [4.69, 9.17) is 0 Å². The maximum Gasteiger partial charge on any atom is 0.178 e. The Hall–Kier alpha value is -1.87. The van der Waals surface area contributed by atoms with Gasteiger partial charge in [-0.15, -0.1) is 0 Å². The van der Waals surface area contributed by atoms with Crippen molar-refractivity contribution in [1.29, 1.82) is 0 Å². The fourth-order valence-corrected chi connectivity index (χ4v) is 3.53. The molecule has 122 valence electrons. The number of carbonyl (C=O) groups excluding carboxylic acids is 1. The molecule has 3 heteroatoms. The van der Waals surface area contributed by atoms with Gasteiger partial charge in [0.25, 0.3) is 0 Å². The number of aryl methyl sites for hydroxylation is 1. The zero-order chi connectivity index (χ0) is 16.4. The van der Waals surface area contributed by atoms with Crippen LogP contribution in [0.3, 0.4) is 0 Å². The van der Waals surface area contributed by atoms with Crippen LogP contribution in [-0.2, 0) is 0 Å². The molecule has 1 aliphatic rings. The number of Topliss-reactive ketones (excluding diaryl/α,β-unsaturated/α-hetero) is 1. The minimum atomic E-state index is 0.245. The molecule has 2 heterocycles. The molecule has 3 nitrogen and oxygen atoms in total. The van der Waals surface area contributed by atoms with E-state index in [1.54, 1.807) is 0 Å². The van der Waals surface area contributed by atoms with Crippen molar-refractivity contribution in [2.24, 2.45) is 5.92 Å². The Balaban J connectivity index is 1.79. The fourth-order valence-electron chi connectivity index (χ4n) is 3.53. The second-order valence-corrected chi connectivity index (χ2v) is 6.84. The zero-order valence-electron chi connectivity index (χ0n) is 14.4. The summed E-state index contributed by atoms with van der Waals surface area (Å²) in [4.78, 5) is 15.1. The number of benzene rings is 1. The Morgan fingerprint density at radius 3 is 2.43 bits per heavy atom. The summed E-state index contributed by atoms with van der Waals surface area (Å²) in [5.74, 6) is 1.04. The van der Waals surface area contributed by atoms with Crippen molar-refractivity contribution < 1.29 is 4.79 Å². The van der Waals surface area contributed by atoms with Crippen LogP contribution in [0.5, 0.6) is 0 Å². The van der Waals surface area contributed by atoms with Crippen LogP contribution in [0.1, 0.15) is 41.5 Å². The highest BCUT2D eigenvalue weighted by Crippen LogP contribution is 2.22. The first-order valence-electron chi connectivity index (χ1n) is 8.56. The van der Waals surface area contributed by atoms with Crippen molar-refractivity contribution in [3.8, 4) is 5.69 Å². The lowest BCUT2D eigenvalue weighted by Crippen LogP contribution is -2.36. The molecule has 0 unspecified atom stereocenters. The average molecular weight is 310 g/mol. The molecule has 0 atom stereocenters. The van der Waals surface area contributed by atoms with Gasteiger partial charge in [0.2, 0.25) is 0 Å². The molecule has 1 aromatic carbocycles. The maximum absolute atomic E-state index is 12.8. The van der Waals surface area contributed by atoms with Crippen molar-refractivity contribution >= 4 is 5.78 Å². The highest BCUT2D eigenvalue weighted by molar-refractivity contribution is 5.99. The van der Waals surface area contributed by atoms with Gasteiger partial charge in [-0.05, 0) is 63.9 Å². The molecule has 1 aromatic heterocycles. The van der Waals surface area contributed by atoms with Crippen LogP contribution >= 0.6 is 0 Å². The minimum Gasteiger partial charge on any atom is -0.318 e. The molecule has 0 bridgehead atoms. The van der Waals surface area contributed by atoms with E-state index in [-0.39, 0.29) is 5.78 Å². The number of carbonyl (C=O) groups is 1. The van der Waals surface area contributed by atoms with Gasteiger partial charge in [-0.1, -0.05) is 25.1 Å². The van der Waals surface area contributed by atoms with Gasteiger partial charge in [-0.2, -0.15) is 0 Å². The lowest BCUT2D eigenvalue weighted by molar-refractivity contribution is 0.0899. The number of piperidine rings is 1. The van der Waals surface area contributed by atoms with Crippen LogP contribution in [0.25, 0.3) is 5.69 Å². The molecule has 2 aromatic rings. The predicted octanol–water partition coefficient (Wildman–Crippen LogP) is 4.01. The molecule has 1 fully saturated rings. The quantitative estimate of drug-likeness (QED) is 0.797. The number of hydrogen-bond acceptors (Lipinski definition) is 2. The Morgan fingerprint density at radius 2 is 1.78 bits per heavy atom. The van der Waals surface area contributed by atoms with Gasteiger partial charge in [0.05, 0.1) is 6.54 Å². The van der Waals surface area contributed by atoms with Crippen LogP contribution in [-0.4, -0.2) is 34.9 Å². The Bertz CT molecular complexity index is 679. The number of nitrogens with zero attached hydrogens (tertiary/aromatic N) is 2. The van der Waals surface area contributed by atoms with E-state index in [0.29, 0.717) is 6.54 Å². The third-order valence-electron chi connectivity index (χ3n) is 4.99. The number of aromatic nitrogens is 1. The van der Waals surface area contributed by atoms with E-state index >= 15 is 0 Å². The van der Waals surface area contributed by atoms with E-state index < -0.39 is 0 Å². The third-order valence-corrected chi connectivity index (χ3v) is 4.99. The number of rotatable bonds is 4. The Morgan fingerprint density at radius 1 is 1.13 bits per heavy atom. The number of ketones is 1. The number of likely N-dealkylation sites (tertiary alicyclic amines) is 1. The van der Waals surface area contributed by atoms with Crippen molar-refractivity contribution in [3.63, 3.8) is 0 Å². The van der Waals surface area contributed by atoms with E-state index in [1.807, 2.05) is 31.2 Å². The normalized spacial score (nSPS) is 16.7. The lowest BCUT2D eigenvalue weighted by atomic mass is 9.99. The lowest BCUT2D eigenvalue weighted by Gasteiger charge is -2.29. The van der Waals surface area contributed by atoms with Crippen LogP contribution in [0, 0.1) is 19.8 Å². The molecule has 23 heavy (non-hydrogen) atoms. The monoisotopic (exact) mass is 310 g/mol. The summed E-state index contributed by atoms with van der Waals surface area (Å²) < 4.78 is 2.17. The molecule has 0 N–H and O–H groups in total. The second-order valence-electron chi connectivity index (χ2n) is 6.84. The van der Waals surface area contributed by atoms with Crippen LogP contribution in [0.4, 0.5) is 0 Å². The molecular weight excluding hydrogens is 284 g/mol. The maximum atomic E-state index is 12.8. The molecular formula is C20H26N2O. The van der Waals surface area contributed by atoms with Crippen molar-refractivity contribution in [1.82, 2.24) is 9.47 Å². The van der Waals surface area contributed by atoms with E-state index in [2.05, 4.69) is 35.4 Å². The van der Waals surface area contributed by atoms with E-state index in [9.17, 15) is 4.79 Å². The standard InChI is InChI=1S/C20H26N2O/c1-15-9-11-21(12-10-15)14-20(23)19-13-16(2)22(17(19)3)18-7-5-4-6-8-18/h4-8,13,15H,9-12,14H2,1-3H3. The Kier molecular flexibility index (Phi) is 4.67. The number of para-hydroxylation sites is 1. The fraction of sp³-hybridized carbons (Fsp3) is 0.450. The zero-order valence-corrected chi connectivity index (χ0v) is 14.4. The molecule has 0 saturated carbocycles. The molecule has 0 aliphatic carbocycles. The SMILES string of the molecule is Cc1cc(C(=O)CN2CCC(C)CC2)c(C)n1-c1ccccc1. The van der Waals surface area contributed by atoms with Crippen molar-refractivity contribution in [3.05, 3.63) is 53.3 Å². The first-order valence-corrected chi connectivity index (χ1v) is 8.56. The smallest absolute Gasteiger partial charge is 0.178 e. The first kappa shape index (κ1) is 16.0. The average Bonchev–Trinajstić information content (AvgIpc) is 2.85. The van der Waals surface area contributed by atoms with Gasteiger partial charge in [-0.25, -0.2) is 0 Å². The van der Waals surface area contributed by atoms with Gasteiger partial charge in [-0.3, -0.25) is 9.69 Å². The van der Waals surface area contributed by atoms with E-state index in [0.717, 1.165) is 41.6 Å². The summed E-state index contributed by atoms with van der Waals surface area (Å²) in [5.41, 5.74) is 4.15. The highest BCUT2D eigenvalue weighted by atomic mass is 16.1. The molecule has 0 amide bonds. The summed E-state index contributed by atoms with van der Waals surface area (Å²) in [7, 11) is 0. The van der Waals surface area contributed by atoms with Gasteiger partial charge in [0, 0.05) is 22.6 Å². The van der Waals surface area contributed by atoms with Crippen molar-refractivity contribution in [2.75, 3.05) is 19.6 Å². The first-order chi connectivity index (χ1) is 11.1. The van der Waals surface area contributed by atoms with Crippen LogP contribution in [0.2, 0.25) is 0 Å². The predicted molar refractivity (Wildman–Crippen MR) is 94.4 cm³/mol. The van der Waals surface area contributed by atoms with Gasteiger partial charge in [0.1, 0.15) is 0 Å². The summed E-state index contributed by atoms with van der Waals surface area (Å²) in [6.07, 6.45) is 2.41. The second kappa shape index (κ2) is 6.71.